The van der Waals surface area contributed by atoms with Crippen molar-refractivity contribution in [3.8, 4) is 0 Å². The number of benzene rings is 1. The van der Waals surface area contributed by atoms with E-state index >= 15 is 0 Å². The van der Waals surface area contributed by atoms with Crippen molar-refractivity contribution in [2.24, 2.45) is 0 Å². The van der Waals surface area contributed by atoms with E-state index < -0.39 is 0 Å². The molecule has 3 heterocycles. The molecule has 2 bridgehead atoms. The minimum atomic E-state index is 0.342. The summed E-state index contributed by atoms with van der Waals surface area (Å²) in [5, 5.41) is 1.35. The van der Waals surface area contributed by atoms with E-state index in [9.17, 15) is 4.79 Å². The van der Waals surface area contributed by atoms with Gasteiger partial charge in [-0.25, -0.2) is 0 Å². The van der Waals surface area contributed by atoms with Crippen LogP contribution in [-0.4, -0.2) is 40.9 Å². The van der Waals surface area contributed by atoms with Crippen molar-refractivity contribution in [2.75, 3.05) is 13.1 Å². The van der Waals surface area contributed by atoms with Crippen molar-refractivity contribution >= 4 is 27.3 Å². The Balaban J connectivity index is 1.48. The Hall–Kier alpha value is -1.39. The normalized spacial score (nSPS) is 25.0. The average Bonchev–Trinajstić information content (AvgIpc) is 3.04. The molecular weight excluding hydrogens is 292 g/mol. The fourth-order valence-electron chi connectivity index (χ4n) is 4.04. The maximum atomic E-state index is 12.1. The van der Waals surface area contributed by atoms with Gasteiger partial charge in [0.15, 0.2) is 0 Å². The van der Waals surface area contributed by atoms with Crippen molar-refractivity contribution in [2.45, 2.75) is 44.8 Å². The van der Waals surface area contributed by atoms with E-state index in [2.05, 4.69) is 40.1 Å². The summed E-state index contributed by atoms with van der Waals surface area (Å²) in [6.45, 7) is 5.08. The molecule has 0 aliphatic carbocycles. The lowest BCUT2D eigenvalue weighted by molar-refractivity contribution is -0.136. The Morgan fingerprint density at radius 2 is 1.95 bits per heavy atom. The van der Waals surface area contributed by atoms with Crippen LogP contribution < -0.4 is 0 Å². The number of carbonyl (C=O) groups excluding carboxylic acids is 1. The Kier molecular flexibility index (Phi) is 3.66. The lowest BCUT2D eigenvalue weighted by Gasteiger charge is -2.41. The molecule has 22 heavy (non-hydrogen) atoms. The van der Waals surface area contributed by atoms with Crippen LogP contribution in [0.3, 0.4) is 0 Å². The number of rotatable bonds is 3. The number of likely N-dealkylation sites (tertiary alicyclic amines) is 1. The van der Waals surface area contributed by atoms with Gasteiger partial charge >= 0.3 is 0 Å². The zero-order valence-electron chi connectivity index (χ0n) is 13.0. The number of hydrogen-bond acceptors (Lipinski definition) is 3. The van der Waals surface area contributed by atoms with Gasteiger partial charge in [0.05, 0.1) is 0 Å². The monoisotopic (exact) mass is 314 g/mol. The molecule has 0 radical (unpaired) electrons. The van der Waals surface area contributed by atoms with Crippen molar-refractivity contribution in [3.05, 3.63) is 35.2 Å². The van der Waals surface area contributed by atoms with E-state index in [1.165, 1.54) is 27.8 Å². The standard InChI is InChI=1S/C18H22N2OS/c1-2-18(21)20-14-7-8-15(20)11-19(10-14)12-16-9-13-5-3-4-6-17(13)22-16/h3-6,9,14-15H,2,7-8,10-12H2,1H3. The van der Waals surface area contributed by atoms with E-state index in [0.717, 1.165) is 19.6 Å². The third-order valence-electron chi connectivity index (χ3n) is 5.00. The highest BCUT2D eigenvalue weighted by Gasteiger charge is 2.41. The first-order chi connectivity index (χ1) is 10.7. The quantitative estimate of drug-likeness (QED) is 0.866. The lowest BCUT2D eigenvalue weighted by atomic mass is 10.1. The molecule has 4 rings (SSSR count). The zero-order chi connectivity index (χ0) is 15.1. The summed E-state index contributed by atoms with van der Waals surface area (Å²) in [6.07, 6.45) is 3.00. The van der Waals surface area contributed by atoms with E-state index in [1.54, 1.807) is 0 Å². The number of carbonyl (C=O) groups is 1. The van der Waals surface area contributed by atoms with Crippen LogP contribution in [0.25, 0.3) is 10.1 Å². The molecule has 116 valence electrons. The molecule has 2 aliphatic rings. The van der Waals surface area contributed by atoms with Gasteiger partial charge in [0.25, 0.3) is 0 Å². The second kappa shape index (κ2) is 5.67. The largest absolute Gasteiger partial charge is 0.334 e. The molecule has 1 amide bonds. The van der Waals surface area contributed by atoms with Crippen molar-refractivity contribution in [3.63, 3.8) is 0 Å². The molecule has 2 atom stereocenters. The second-order valence-electron chi connectivity index (χ2n) is 6.48. The summed E-state index contributed by atoms with van der Waals surface area (Å²) in [5.41, 5.74) is 0. The van der Waals surface area contributed by atoms with Crippen LogP contribution in [0.2, 0.25) is 0 Å². The molecular formula is C18H22N2OS. The predicted octanol–water partition coefficient (Wildman–Crippen LogP) is 3.49. The second-order valence-corrected chi connectivity index (χ2v) is 7.65. The van der Waals surface area contributed by atoms with Gasteiger partial charge in [0, 0.05) is 47.7 Å². The average molecular weight is 314 g/mol. The molecule has 3 nitrogen and oxygen atoms in total. The van der Waals surface area contributed by atoms with Crippen LogP contribution >= 0.6 is 11.3 Å². The first-order valence-electron chi connectivity index (χ1n) is 8.25. The fourth-order valence-corrected chi connectivity index (χ4v) is 5.15. The SMILES string of the molecule is CCC(=O)N1C2CCC1CN(Cc1cc3ccccc3s1)C2. The van der Waals surface area contributed by atoms with Crippen LogP contribution in [0.1, 0.15) is 31.1 Å². The molecule has 2 unspecified atom stereocenters. The summed E-state index contributed by atoms with van der Waals surface area (Å²) in [6, 6.07) is 11.8. The van der Waals surface area contributed by atoms with Gasteiger partial charge in [-0.1, -0.05) is 25.1 Å². The van der Waals surface area contributed by atoms with Crippen LogP contribution in [0.5, 0.6) is 0 Å². The number of fused-ring (bicyclic) bond motifs is 3. The lowest BCUT2D eigenvalue weighted by Crippen LogP contribution is -2.55. The molecule has 1 aromatic carbocycles. The first kappa shape index (κ1) is 14.2. The Morgan fingerprint density at radius 3 is 2.64 bits per heavy atom. The summed E-state index contributed by atoms with van der Waals surface area (Å²) in [4.78, 5) is 18.3. The zero-order valence-corrected chi connectivity index (χ0v) is 13.8. The molecule has 4 heteroatoms. The molecule has 2 fully saturated rings. The van der Waals surface area contributed by atoms with Crippen molar-refractivity contribution in [1.82, 2.24) is 9.80 Å². The molecule has 0 N–H and O–H groups in total. The fraction of sp³-hybridized carbons (Fsp3) is 0.500. The number of amides is 1. The van der Waals surface area contributed by atoms with E-state index in [-0.39, 0.29) is 0 Å². The Bertz CT molecular complexity index is 648. The van der Waals surface area contributed by atoms with Gasteiger partial charge in [0.2, 0.25) is 5.91 Å². The molecule has 1 aromatic heterocycles. The first-order valence-corrected chi connectivity index (χ1v) is 9.07. The summed E-state index contributed by atoms with van der Waals surface area (Å²) in [5.74, 6) is 0.342. The number of nitrogens with zero attached hydrogens (tertiary/aromatic N) is 2. The Morgan fingerprint density at radius 1 is 1.23 bits per heavy atom. The third-order valence-corrected chi connectivity index (χ3v) is 6.11. The minimum absolute atomic E-state index is 0.342. The van der Waals surface area contributed by atoms with Crippen LogP contribution in [0.15, 0.2) is 30.3 Å². The minimum Gasteiger partial charge on any atom is -0.334 e. The summed E-state index contributed by atoms with van der Waals surface area (Å²) < 4.78 is 1.38. The number of thiophene rings is 1. The number of hydrogen-bond donors (Lipinski definition) is 0. The molecule has 2 aliphatic heterocycles. The van der Waals surface area contributed by atoms with Gasteiger partial charge in [0.1, 0.15) is 0 Å². The maximum absolute atomic E-state index is 12.1. The maximum Gasteiger partial charge on any atom is 0.222 e. The van der Waals surface area contributed by atoms with Crippen molar-refractivity contribution < 1.29 is 4.79 Å². The third kappa shape index (κ3) is 2.44. The van der Waals surface area contributed by atoms with Gasteiger partial charge < -0.3 is 4.90 Å². The molecule has 2 saturated heterocycles. The van der Waals surface area contributed by atoms with E-state index in [0.29, 0.717) is 24.4 Å². The summed E-state index contributed by atoms with van der Waals surface area (Å²) in [7, 11) is 0. The predicted molar refractivity (Wildman–Crippen MR) is 91.0 cm³/mol. The molecule has 0 spiro atoms. The van der Waals surface area contributed by atoms with Gasteiger partial charge in [-0.2, -0.15) is 0 Å². The number of piperazine rings is 1. The van der Waals surface area contributed by atoms with Crippen LogP contribution in [-0.2, 0) is 11.3 Å². The van der Waals surface area contributed by atoms with Crippen molar-refractivity contribution in [1.29, 1.82) is 0 Å². The van der Waals surface area contributed by atoms with E-state index in [1.807, 2.05) is 18.3 Å². The topological polar surface area (TPSA) is 23.6 Å². The Labute approximate surface area is 135 Å². The highest BCUT2D eigenvalue weighted by atomic mass is 32.1. The highest BCUT2D eigenvalue weighted by Crippen LogP contribution is 2.33. The van der Waals surface area contributed by atoms with Gasteiger partial charge in [-0.05, 0) is 30.4 Å². The van der Waals surface area contributed by atoms with Gasteiger partial charge in [-0.15, -0.1) is 11.3 Å². The highest BCUT2D eigenvalue weighted by molar-refractivity contribution is 7.19. The van der Waals surface area contributed by atoms with E-state index in [4.69, 9.17) is 0 Å². The smallest absolute Gasteiger partial charge is 0.222 e. The van der Waals surface area contributed by atoms with Crippen LogP contribution in [0, 0.1) is 0 Å². The summed E-state index contributed by atoms with van der Waals surface area (Å²) >= 11 is 1.90. The van der Waals surface area contributed by atoms with Crippen LogP contribution in [0.4, 0.5) is 0 Å². The molecule has 0 saturated carbocycles. The van der Waals surface area contributed by atoms with Gasteiger partial charge in [-0.3, -0.25) is 9.69 Å². The molecule has 2 aromatic rings.